The van der Waals surface area contributed by atoms with E-state index in [1.54, 1.807) is 18.2 Å². The summed E-state index contributed by atoms with van der Waals surface area (Å²) in [5.41, 5.74) is 1.24. The molecular weight excluding hydrogens is 337 g/mol. The normalized spacial score (nSPS) is 20.2. The molecule has 1 saturated heterocycles. The Morgan fingerprint density at radius 3 is 2.57 bits per heavy atom. The summed E-state index contributed by atoms with van der Waals surface area (Å²) in [6.07, 6.45) is -0.550. The van der Waals surface area contributed by atoms with Crippen molar-refractivity contribution in [3.63, 3.8) is 0 Å². The van der Waals surface area contributed by atoms with Crippen LogP contribution in [0, 0.1) is 5.92 Å². The number of ether oxygens (including phenoxy) is 1. The Kier molecular flexibility index (Phi) is 4.55. The van der Waals surface area contributed by atoms with E-state index in [2.05, 4.69) is 5.32 Å². The van der Waals surface area contributed by atoms with E-state index in [9.17, 15) is 9.59 Å². The molecular formula is C17H13Cl2NO3. The number of esters is 1. The number of hydrogen-bond acceptors (Lipinski definition) is 3. The Labute approximate surface area is 143 Å². The number of carbonyl (C=O) groups is 2. The molecule has 0 bridgehead atoms. The molecule has 6 heteroatoms. The van der Waals surface area contributed by atoms with Crippen molar-refractivity contribution in [3.8, 4) is 0 Å². The van der Waals surface area contributed by atoms with E-state index < -0.39 is 12.0 Å². The van der Waals surface area contributed by atoms with Gasteiger partial charge in [-0.05, 0) is 23.8 Å². The predicted octanol–water partition coefficient (Wildman–Crippen LogP) is 4.24. The number of hydrogen-bond donors (Lipinski definition) is 1. The largest absolute Gasteiger partial charge is 0.457 e. The first-order chi connectivity index (χ1) is 11.0. The predicted molar refractivity (Wildman–Crippen MR) is 88.5 cm³/mol. The van der Waals surface area contributed by atoms with Gasteiger partial charge in [0.1, 0.15) is 6.10 Å². The van der Waals surface area contributed by atoms with Crippen molar-refractivity contribution >= 4 is 40.8 Å². The van der Waals surface area contributed by atoms with Crippen LogP contribution in [0.4, 0.5) is 5.69 Å². The lowest BCUT2D eigenvalue weighted by molar-refractivity contribution is -0.141. The first kappa shape index (κ1) is 15.8. The number of halogens is 2. The fourth-order valence-electron chi connectivity index (χ4n) is 2.55. The Balaban J connectivity index is 1.81. The summed E-state index contributed by atoms with van der Waals surface area (Å²) >= 11 is 11.9. The Morgan fingerprint density at radius 1 is 1.13 bits per heavy atom. The van der Waals surface area contributed by atoms with Crippen LogP contribution in [0.2, 0.25) is 10.0 Å². The summed E-state index contributed by atoms with van der Waals surface area (Å²) in [7, 11) is 0. The molecule has 118 valence electrons. The highest BCUT2D eigenvalue weighted by Gasteiger charge is 2.40. The van der Waals surface area contributed by atoms with E-state index in [0.717, 1.165) is 5.56 Å². The standard InChI is InChI=1S/C17H13Cl2NO3/c18-11-6-7-14(13(19)8-11)20-17(22)12-9-15(21)23-16(12)10-4-2-1-3-5-10/h1-8,12,16H,9H2,(H,20,22)/t12-,16-/m0/s1. The van der Waals surface area contributed by atoms with Gasteiger partial charge in [0.2, 0.25) is 5.91 Å². The van der Waals surface area contributed by atoms with Crippen LogP contribution in [0.15, 0.2) is 48.5 Å². The summed E-state index contributed by atoms with van der Waals surface area (Å²) in [6, 6.07) is 14.0. The number of anilines is 1. The summed E-state index contributed by atoms with van der Waals surface area (Å²) in [4.78, 5) is 24.2. The van der Waals surface area contributed by atoms with Crippen LogP contribution < -0.4 is 5.32 Å². The first-order valence-electron chi connectivity index (χ1n) is 7.05. The Hall–Kier alpha value is -2.04. The molecule has 1 fully saturated rings. The van der Waals surface area contributed by atoms with Gasteiger partial charge in [-0.3, -0.25) is 9.59 Å². The van der Waals surface area contributed by atoms with Gasteiger partial charge in [0.15, 0.2) is 0 Å². The molecule has 0 spiro atoms. The second-order valence-electron chi connectivity index (χ2n) is 5.25. The monoisotopic (exact) mass is 349 g/mol. The van der Waals surface area contributed by atoms with Crippen molar-refractivity contribution < 1.29 is 14.3 Å². The maximum Gasteiger partial charge on any atom is 0.307 e. The van der Waals surface area contributed by atoms with Crippen molar-refractivity contribution in [2.24, 2.45) is 5.92 Å². The number of benzene rings is 2. The molecule has 0 radical (unpaired) electrons. The van der Waals surface area contributed by atoms with Crippen LogP contribution in [0.5, 0.6) is 0 Å². The molecule has 1 N–H and O–H groups in total. The molecule has 1 aliphatic rings. The fraction of sp³-hybridized carbons (Fsp3) is 0.176. The average Bonchev–Trinajstić information content (AvgIpc) is 2.93. The van der Waals surface area contributed by atoms with E-state index in [1.807, 2.05) is 30.3 Å². The number of carbonyl (C=O) groups excluding carboxylic acids is 2. The van der Waals surface area contributed by atoms with Crippen molar-refractivity contribution in [1.82, 2.24) is 0 Å². The van der Waals surface area contributed by atoms with Gasteiger partial charge in [-0.15, -0.1) is 0 Å². The van der Waals surface area contributed by atoms with Gasteiger partial charge in [-0.1, -0.05) is 53.5 Å². The molecule has 1 aliphatic heterocycles. The van der Waals surface area contributed by atoms with Crippen molar-refractivity contribution in [3.05, 3.63) is 64.1 Å². The van der Waals surface area contributed by atoms with Crippen LogP contribution in [0.3, 0.4) is 0 Å². The number of cyclic esters (lactones) is 1. The molecule has 0 aromatic heterocycles. The highest BCUT2D eigenvalue weighted by atomic mass is 35.5. The molecule has 0 saturated carbocycles. The fourth-order valence-corrected chi connectivity index (χ4v) is 3.00. The first-order valence-corrected chi connectivity index (χ1v) is 7.80. The van der Waals surface area contributed by atoms with Gasteiger partial charge >= 0.3 is 5.97 Å². The van der Waals surface area contributed by atoms with Crippen LogP contribution in [-0.2, 0) is 14.3 Å². The lowest BCUT2D eigenvalue weighted by atomic mass is 9.94. The highest BCUT2D eigenvalue weighted by molar-refractivity contribution is 6.36. The van der Waals surface area contributed by atoms with Gasteiger partial charge in [-0.25, -0.2) is 0 Å². The van der Waals surface area contributed by atoms with E-state index in [1.165, 1.54) is 0 Å². The van der Waals surface area contributed by atoms with Gasteiger partial charge < -0.3 is 10.1 Å². The van der Waals surface area contributed by atoms with Crippen molar-refractivity contribution in [1.29, 1.82) is 0 Å². The minimum atomic E-state index is -0.600. The molecule has 2 aromatic carbocycles. The maximum atomic E-state index is 12.5. The Bertz CT molecular complexity index is 749. The SMILES string of the molecule is O=C1C[C@H](C(=O)Nc2ccc(Cl)cc2Cl)[C@H](c2ccccc2)O1. The van der Waals surface area contributed by atoms with Crippen LogP contribution in [0.25, 0.3) is 0 Å². The minimum absolute atomic E-state index is 0.0383. The van der Waals surface area contributed by atoms with Gasteiger partial charge in [0.25, 0.3) is 0 Å². The summed E-state index contributed by atoms with van der Waals surface area (Å²) in [5.74, 6) is -1.30. The van der Waals surface area contributed by atoms with Crippen LogP contribution >= 0.6 is 23.2 Å². The molecule has 2 aromatic rings. The quantitative estimate of drug-likeness (QED) is 0.843. The molecule has 0 unspecified atom stereocenters. The smallest absolute Gasteiger partial charge is 0.307 e. The van der Waals surface area contributed by atoms with Crippen LogP contribution in [0.1, 0.15) is 18.1 Å². The summed E-state index contributed by atoms with van der Waals surface area (Å²) in [6.45, 7) is 0. The Morgan fingerprint density at radius 2 is 1.87 bits per heavy atom. The second kappa shape index (κ2) is 6.60. The summed E-state index contributed by atoms with van der Waals surface area (Å²) < 4.78 is 5.31. The lowest BCUT2D eigenvalue weighted by Gasteiger charge is -2.18. The molecule has 3 rings (SSSR count). The molecule has 23 heavy (non-hydrogen) atoms. The molecule has 1 amide bonds. The molecule has 4 nitrogen and oxygen atoms in total. The highest BCUT2D eigenvalue weighted by Crippen LogP contribution is 2.36. The van der Waals surface area contributed by atoms with Gasteiger partial charge in [0, 0.05) is 5.02 Å². The van der Waals surface area contributed by atoms with E-state index in [4.69, 9.17) is 27.9 Å². The molecule has 0 aliphatic carbocycles. The zero-order valence-corrected chi connectivity index (χ0v) is 13.5. The van der Waals surface area contributed by atoms with Gasteiger partial charge in [0.05, 0.1) is 23.0 Å². The third-order valence-electron chi connectivity index (χ3n) is 3.66. The van der Waals surface area contributed by atoms with Crippen molar-refractivity contribution in [2.45, 2.75) is 12.5 Å². The zero-order chi connectivity index (χ0) is 16.4. The lowest BCUT2D eigenvalue weighted by Crippen LogP contribution is -2.25. The number of amides is 1. The number of nitrogens with one attached hydrogen (secondary N) is 1. The summed E-state index contributed by atoms with van der Waals surface area (Å²) in [5, 5.41) is 3.56. The van der Waals surface area contributed by atoms with E-state index >= 15 is 0 Å². The minimum Gasteiger partial charge on any atom is -0.457 e. The van der Waals surface area contributed by atoms with Crippen molar-refractivity contribution in [2.75, 3.05) is 5.32 Å². The molecule has 2 atom stereocenters. The third-order valence-corrected chi connectivity index (χ3v) is 4.21. The van der Waals surface area contributed by atoms with Crippen LogP contribution in [-0.4, -0.2) is 11.9 Å². The van der Waals surface area contributed by atoms with Gasteiger partial charge in [-0.2, -0.15) is 0 Å². The second-order valence-corrected chi connectivity index (χ2v) is 6.09. The molecule has 1 heterocycles. The van der Waals surface area contributed by atoms with E-state index in [0.29, 0.717) is 15.7 Å². The topological polar surface area (TPSA) is 55.4 Å². The van der Waals surface area contributed by atoms with E-state index in [-0.39, 0.29) is 18.3 Å². The third kappa shape index (κ3) is 3.49. The average molecular weight is 350 g/mol. The number of rotatable bonds is 3. The zero-order valence-electron chi connectivity index (χ0n) is 12.0. The maximum absolute atomic E-state index is 12.5.